The first-order valence-electron chi connectivity index (χ1n) is 11.1. The van der Waals surface area contributed by atoms with Gasteiger partial charge in [0.25, 0.3) is 0 Å². The Bertz CT molecular complexity index is 801. The highest BCUT2D eigenvalue weighted by atomic mass is 16.3. The van der Waals surface area contributed by atoms with Gasteiger partial charge in [-0.3, -0.25) is 4.79 Å². The number of benzene rings is 1. The van der Waals surface area contributed by atoms with Crippen LogP contribution in [0, 0.1) is 28.6 Å². The lowest BCUT2D eigenvalue weighted by Gasteiger charge is -2.60. The number of hydrogen-bond donors (Lipinski definition) is 4. The van der Waals surface area contributed by atoms with E-state index in [2.05, 4.69) is 31.4 Å². The molecule has 0 bridgehead atoms. The maximum atomic E-state index is 13.8. The molecule has 2 aliphatic rings. The van der Waals surface area contributed by atoms with E-state index < -0.39 is 0 Å². The molecule has 30 heavy (non-hydrogen) atoms. The minimum Gasteiger partial charge on any atom is -0.508 e. The van der Waals surface area contributed by atoms with Crippen molar-refractivity contribution < 1.29 is 19.8 Å². The fourth-order valence-corrected chi connectivity index (χ4v) is 6.45. The van der Waals surface area contributed by atoms with Gasteiger partial charge in [0, 0.05) is 30.1 Å². The van der Waals surface area contributed by atoms with Gasteiger partial charge in [0.2, 0.25) is 0 Å². The monoisotopic (exact) mass is 416 g/mol. The van der Waals surface area contributed by atoms with Crippen LogP contribution in [0.1, 0.15) is 70.7 Å². The summed E-state index contributed by atoms with van der Waals surface area (Å²) >= 11 is 0. The molecule has 0 heterocycles. The van der Waals surface area contributed by atoms with Gasteiger partial charge in [-0.1, -0.05) is 34.1 Å². The van der Waals surface area contributed by atoms with Crippen LogP contribution in [0.5, 0.6) is 11.5 Å². The third kappa shape index (κ3) is 4.01. The van der Waals surface area contributed by atoms with Gasteiger partial charge in [-0.2, -0.15) is 0 Å². The number of hydrogen-bond acceptors (Lipinski definition) is 4. The predicted molar refractivity (Wildman–Crippen MR) is 117 cm³/mol. The molecule has 2 saturated carbocycles. The van der Waals surface area contributed by atoms with Gasteiger partial charge < -0.3 is 20.8 Å². The minimum atomic E-state index is -0.316. The van der Waals surface area contributed by atoms with Crippen LogP contribution in [0.25, 0.3) is 0 Å². The Morgan fingerprint density at radius 1 is 1.10 bits per heavy atom. The predicted octanol–water partition coefficient (Wildman–Crippen LogP) is 4.46. The van der Waals surface area contributed by atoms with E-state index in [0.29, 0.717) is 12.1 Å². The summed E-state index contributed by atoms with van der Waals surface area (Å²) in [5, 5.41) is 25.8. The molecule has 0 unspecified atom stereocenters. The fourth-order valence-electron chi connectivity index (χ4n) is 6.45. The molecule has 0 spiro atoms. The van der Waals surface area contributed by atoms with Crippen LogP contribution in [0.3, 0.4) is 0 Å². The highest BCUT2D eigenvalue weighted by Gasteiger charge is 2.58. The third-order valence-electron chi connectivity index (χ3n) is 7.76. The van der Waals surface area contributed by atoms with Crippen LogP contribution in [0.2, 0.25) is 0 Å². The van der Waals surface area contributed by atoms with Gasteiger partial charge >= 0.3 is 6.03 Å². The molecule has 0 saturated heterocycles. The number of rotatable bonds is 4. The van der Waals surface area contributed by atoms with Crippen molar-refractivity contribution in [1.82, 2.24) is 10.6 Å². The molecular formula is C24H36N2O4. The SMILES string of the molecule is CCNC(=O)N[C@@H]1C[C@H]2C(C)(C)CCC[C@]2(C)[C@@H](C(=O)c2cc(O)cc(O)c2)[C@H]1C. The zero-order valence-corrected chi connectivity index (χ0v) is 18.8. The molecule has 166 valence electrons. The summed E-state index contributed by atoms with van der Waals surface area (Å²) in [4.78, 5) is 26.1. The average molecular weight is 417 g/mol. The van der Waals surface area contributed by atoms with Crippen molar-refractivity contribution in [2.45, 2.75) is 66.3 Å². The number of urea groups is 1. The van der Waals surface area contributed by atoms with Gasteiger partial charge in [0.1, 0.15) is 11.5 Å². The first-order chi connectivity index (χ1) is 14.0. The van der Waals surface area contributed by atoms with E-state index in [0.717, 1.165) is 25.7 Å². The highest BCUT2D eigenvalue weighted by molar-refractivity contribution is 5.99. The number of carbonyl (C=O) groups is 2. The molecule has 6 heteroatoms. The van der Waals surface area contributed by atoms with Crippen LogP contribution in [-0.4, -0.2) is 34.6 Å². The maximum absolute atomic E-state index is 13.8. The van der Waals surface area contributed by atoms with E-state index in [1.54, 1.807) is 0 Å². The number of nitrogens with one attached hydrogen (secondary N) is 2. The van der Waals surface area contributed by atoms with Crippen molar-refractivity contribution in [1.29, 1.82) is 0 Å². The number of ketones is 1. The van der Waals surface area contributed by atoms with Gasteiger partial charge in [-0.25, -0.2) is 4.79 Å². The number of phenolic OH excluding ortho intramolecular Hbond substituents is 2. The van der Waals surface area contributed by atoms with Gasteiger partial charge in [-0.15, -0.1) is 0 Å². The molecular weight excluding hydrogens is 380 g/mol. The zero-order valence-electron chi connectivity index (χ0n) is 18.8. The Balaban J connectivity index is 2.03. The normalized spacial score (nSPS) is 32.7. The molecule has 5 atom stereocenters. The minimum absolute atomic E-state index is 0.0633. The molecule has 1 aromatic rings. The molecule has 4 N–H and O–H groups in total. The molecule has 1 aromatic carbocycles. The van der Waals surface area contributed by atoms with Crippen molar-refractivity contribution in [3.05, 3.63) is 23.8 Å². The summed E-state index contributed by atoms with van der Waals surface area (Å²) in [5.41, 5.74) is 0.179. The largest absolute Gasteiger partial charge is 0.508 e. The van der Waals surface area contributed by atoms with Gasteiger partial charge in [0.05, 0.1) is 0 Å². The van der Waals surface area contributed by atoms with E-state index in [-0.39, 0.29) is 57.9 Å². The molecule has 0 aliphatic heterocycles. The molecule has 2 aliphatic carbocycles. The number of phenols is 2. The van der Waals surface area contributed by atoms with Gasteiger partial charge in [-0.05, 0) is 61.0 Å². The number of Topliss-reactive ketones (excluding diaryl/α,β-unsaturated/α-hetero) is 1. The highest BCUT2D eigenvalue weighted by Crippen LogP contribution is 2.61. The van der Waals surface area contributed by atoms with Crippen molar-refractivity contribution in [3.63, 3.8) is 0 Å². The zero-order chi connectivity index (χ0) is 22.3. The number of fused-ring (bicyclic) bond motifs is 1. The van der Waals surface area contributed by atoms with Crippen molar-refractivity contribution in [3.8, 4) is 11.5 Å². The lowest BCUT2D eigenvalue weighted by atomic mass is 9.45. The Morgan fingerprint density at radius 2 is 1.73 bits per heavy atom. The summed E-state index contributed by atoms with van der Waals surface area (Å²) in [5.74, 6) is -0.416. The second-order valence-electron chi connectivity index (χ2n) is 10.2. The Morgan fingerprint density at radius 3 is 2.33 bits per heavy atom. The molecule has 0 radical (unpaired) electrons. The summed E-state index contributed by atoms with van der Waals surface area (Å²) in [7, 11) is 0. The number of aromatic hydroxyl groups is 2. The summed E-state index contributed by atoms with van der Waals surface area (Å²) in [6.45, 7) is 11.2. The Hall–Kier alpha value is -2.24. The summed E-state index contributed by atoms with van der Waals surface area (Å²) in [6, 6.07) is 3.78. The average Bonchev–Trinajstić information content (AvgIpc) is 2.62. The first-order valence-corrected chi connectivity index (χ1v) is 11.1. The Kier molecular flexibility index (Phi) is 6.08. The van der Waals surface area contributed by atoms with E-state index in [9.17, 15) is 19.8 Å². The molecule has 3 rings (SSSR count). The van der Waals surface area contributed by atoms with Crippen molar-refractivity contribution in [2.24, 2.45) is 28.6 Å². The lowest BCUT2D eigenvalue weighted by Crippen LogP contribution is -2.61. The second-order valence-corrected chi connectivity index (χ2v) is 10.2. The van der Waals surface area contributed by atoms with Crippen LogP contribution < -0.4 is 10.6 Å². The topological polar surface area (TPSA) is 98.7 Å². The molecule has 2 fully saturated rings. The number of carbonyl (C=O) groups excluding carboxylic acids is 2. The van der Waals surface area contributed by atoms with E-state index >= 15 is 0 Å². The van der Waals surface area contributed by atoms with Crippen molar-refractivity contribution in [2.75, 3.05) is 6.54 Å². The van der Waals surface area contributed by atoms with Crippen LogP contribution in [-0.2, 0) is 0 Å². The Labute approximate surface area is 179 Å². The lowest BCUT2D eigenvalue weighted by molar-refractivity contribution is -0.0898. The quantitative estimate of drug-likeness (QED) is 0.545. The third-order valence-corrected chi connectivity index (χ3v) is 7.76. The summed E-state index contributed by atoms with van der Waals surface area (Å²) < 4.78 is 0. The second kappa shape index (κ2) is 8.12. The van der Waals surface area contributed by atoms with E-state index in [4.69, 9.17) is 0 Å². The first kappa shape index (κ1) is 22.4. The van der Waals surface area contributed by atoms with Crippen LogP contribution in [0.15, 0.2) is 18.2 Å². The number of amides is 2. The standard InChI is InChI=1S/C24H36N2O4/c1-6-25-22(30)26-18-13-19-23(3,4)8-7-9-24(19,5)20(14(18)2)21(29)15-10-16(27)12-17(28)11-15/h10-12,14,18-20,27-28H,6-9,13H2,1-5H3,(H2,25,26,30)/t14-,18+,19-,20+,24-/m0/s1. The van der Waals surface area contributed by atoms with E-state index in [1.165, 1.54) is 18.2 Å². The maximum Gasteiger partial charge on any atom is 0.315 e. The van der Waals surface area contributed by atoms with E-state index in [1.807, 2.05) is 13.8 Å². The molecule has 0 aromatic heterocycles. The van der Waals surface area contributed by atoms with Gasteiger partial charge in [0.15, 0.2) is 5.78 Å². The smallest absolute Gasteiger partial charge is 0.315 e. The van der Waals surface area contributed by atoms with Crippen LogP contribution in [0.4, 0.5) is 4.79 Å². The summed E-state index contributed by atoms with van der Waals surface area (Å²) in [6.07, 6.45) is 3.97. The fraction of sp³-hybridized carbons (Fsp3) is 0.667. The molecule has 6 nitrogen and oxygen atoms in total. The van der Waals surface area contributed by atoms with Crippen molar-refractivity contribution >= 4 is 11.8 Å². The molecule has 2 amide bonds. The van der Waals surface area contributed by atoms with Crippen LogP contribution >= 0.6 is 0 Å².